The smallest absolute Gasteiger partial charge is 0.196 e. The minimum absolute atomic E-state index is 0.0465. The van der Waals surface area contributed by atoms with Crippen LogP contribution in [-0.4, -0.2) is 0 Å². The first-order chi connectivity index (χ1) is 26.9. The van der Waals surface area contributed by atoms with Crippen LogP contribution in [0.15, 0.2) is 157 Å². The summed E-state index contributed by atoms with van der Waals surface area (Å²) in [7, 11) is 0. The van der Waals surface area contributed by atoms with E-state index in [4.69, 9.17) is 0 Å². The van der Waals surface area contributed by atoms with Gasteiger partial charge in [0.1, 0.15) is 0 Å². The zero-order valence-electron chi connectivity index (χ0n) is 31.1. The van der Waals surface area contributed by atoms with Crippen molar-refractivity contribution in [3.8, 4) is 11.1 Å². The molecular weight excluding hydrogens is 684 g/mol. The predicted octanol–water partition coefficient (Wildman–Crippen LogP) is 15.1. The molecule has 0 unspecified atom stereocenters. The second-order valence-electron chi connectivity index (χ2n) is 13.9. The Morgan fingerprint density at radius 3 is 2.02 bits per heavy atom. The Morgan fingerprint density at radius 1 is 0.600 bits per heavy atom. The summed E-state index contributed by atoms with van der Waals surface area (Å²) in [4.78, 5) is 1.67. The fourth-order valence-corrected chi connectivity index (χ4v) is 7.88. The van der Waals surface area contributed by atoms with Gasteiger partial charge in [0, 0.05) is 11.4 Å². The summed E-state index contributed by atoms with van der Waals surface area (Å²) >= 11 is 0. The van der Waals surface area contributed by atoms with E-state index < -0.39 is 17.5 Å². The van der Waals surface area contributed by atoms with Crippen molar-refractivity contribution in [2.24, 2.45) is 0 Å². The lowest BCUT2D eigenvalue weighted by atomic mass is 9.84. The Hall–Kier alpha value is -6.39. The number of hydrogen-bond acceptors (Lipinski definition) is 1. The maximum atomic E-state index is 15.4. The van der Waals surface area contributed by atoms with Gasteiger partial charge in [-0.25, -0.2) is 13.2 Å². The molecule has 0 atom stereocenters. The Labute approximate surface area is 320 Å². The zero-order valence-corrected chi connectivity index (χ0v) is 31.1. The lowest BCUT2D eigenvalue weighted by molar-refractivity contribution is 0.448. The van der Waals surface area contributed by atoms with E-state index in [1.165, 1.54) is 49.7 Å². The number of para-hydroxylation sites is 1. The molecule has 0 N–H and O–H groups in total. The van der Waals surface area contributed by atoms with Crippen LogP contribution in [0.2, 0.25) is 0 Å². The van der Waals surface area contributed by atoms with E-state index in [9.17, 15) is 8.78 Å². The third kappa shape index (κ3) is 6.59. The molecule has 1 nitrogen and oxygen atoms in total. The molecule has 0 amide bonds. The number of benzene rings is 8. The second kappa shape index (κ2) is 15.2. The van der Waals surface area contributed by atoms with Crippen molar-refractivity contribution >= 4 is 61.4 Å². The van der Waals surface area contributed by atoms with Crippen molar-refractivity contribution in [3.63, 3.8) is 0 Å². The number of rotatable bonds is 10. The number of nitrogens with zero attached hydrogens (tertiary/aromatic N) is 1. The van der Waals surface area contributed by atoms with Crippen molar-refractivity contribution in [1.29, 1.82) is 0 Å². The SMILES string of the molecule is CC/C(=C\C=C(/CC)N(c1ccccc1)c1ccc(F)c(F)c1F)c1ccc2ccc3cc(/C=C\c4ccccc4)c(-c4ccccc4C)c4ccc1c2c34. The van der Waals surface area contributed by atoms with Gasteiger partial charge >= 0.3 is 0 Å². The summed E-state index contributed by atoms with van der Waals surface area (Å²) in [6.45, 7) is 6.28. The van der Waals surface area contributed by atoms with E-state index in [1.54, 1.807) is 4.90 Å². The molecule has 8 rings (SSSR count). The van der Waals surface area contributed by atoms with Crippen LogP contribution in [0.1, 0.15) is 48.9 Å². The summed E-state index contributed by atoms with van der Waals surface area (Å²) in [5, 5.41) is 7.16. The third-order valence-electron chi connectivity index (χ3n) is 10.6. The summed E-state index contributed by atoms with van der Waals surface area (Å²) in [6.07, 6.45) is 9.74. The number of allylic oxidation sites excluding steroid dienone is 4. The Morgan fingerprint density at radius 2 is 1.27 bits per heavy atom. The van der Waals surface area contributed by atoms with Gasteiger partial charge in [-0.2, -0.15) is 0 Å². The van der Waals surface area contributed by atoms with Gasteiger partial charge in [-0.1, -0.05) is 141 Å². The Kier molecular flexibility index (Phi) is 9.82. The largest absolute Gasteiger partial charge is 0.311 e. The number of halogens is 3. The Bertz CT molecular complexity index is 2760. The van der Waals surface area contributed by atoms with E-state index in [0.29, 0.717) is 12.1 Å². The molecule has 0 bridgehead atoms. The van der Waals surface area contributed by atoms with Crippen molar-refractivity contribution < 1.29 is 13.2 Å². The van der Waals surface area contributed by atoms with Gasteiger partial charge in [-0.05, 0) is 127 Å². The molecule has 55 heavy (non-hydrogen) atoms. The number of aryl methyl sites for hydroxylation is 1. The molecule has 0 aliphatic rings. The van der Waals surface area contributed by atoms with Crippen molar-refractivity contribution in [1.82, 2.24) is 0 Å². The van der Waals surface area contributed by atoms with E-state index in [-0.39, 0.29) is 5.69 Å². The topological polar surface area (TPSA) is 3.24 Å². The molecule has 4 heteroatoms. The highest BCUT2D eigenvalue weighted by molar-refractivity contribution is 6.27. The fraction of sp³-hybridized carbons (Fsp3) is 0.0980. The molecule has 0 saturated carbocycles. The average molecular weight is 724 g/mol. The van der Waals surface area contributed by atoms with E-state index in [1.807, 2.05) is 49.4 Å². The van der Waals surface area contributed by atoms with Crippen LogP contribution < -0.4 is 4.90 Å². The van der Waals surface area contributed by atoms with Gasteiger partial charge in [0.15, 0.2) is 17.5 Å². The molecular formula is C51H40F3N. The predicted molar refractivity (Wildman–Crippen MR) is 227 cm³/mol. The van der Waals surface area contributed by atoms with E-state index in [0.717, 1.165) is 45.8 Å². The van der Waals surface area contributed by atoms with Crippen LogP contribution in [0.5, 0.6) is 0 Å². The van der Waals surface area contributed by atoms with Gasteiger partial charge in [0.25, 0.3) is 0 Å². The molecule has 0 aromatic heterocycles. The molecule has 0 radical (unpaired) electrons. The van der Waals surface area contributed by atoms with Crippen LogP contribution in [0, 0.1) is 24.4 Å². The third-order valence-corrected chi connectivity index (χ3v) is 10.6. The average Bonchev–Trinajstić information content (AvgIpc) is 3.22. The van der Waals surface area contributed by atoms with Gasteiger partial charge < -0.3 is 4.90 Å². The number of hydrogen-bond donors (Lipinski definition) is 0. The summed E-state index contributed by atoms with van der Waals surface area (Å²) in [5.41, 5.74) is 9.51. The van der Waals surface area contributed by atoms with Crippen LogP contribution in [-0.2, 0) is 0 Å². The highest BCUT2D eigenvalue weighted by atomic mass is 19.2. The normalized spacial score (nSPS) is 12.5. The molecule has 8 aromatic carbocycles. The van der Waals surface area contributed by atoms with E-state index in [2.05, 4.69) is 123 Å². The summed E-state index contributed by atoms with van der Waals surface area (Å²) < 4.78 is 44.1. The minimum atomic E-state index is -1.49. The maximum Gasteiger partial charge on any atom is 0.196 e. The lowest BCUT2D eigenvalue weighted by Gasteiger charge is -2.28. The summed E-state index contributed by atoms with van der Waals surface area (Å²) in [5.74, 6) is -3.93. The molecule has 270 valence electrons. The fourth-order valence-electron chi connectivity index (χ4n) is 7.88. The molecule has 0 fully saturated rings. The molecule has 0 aliphatic heterocycles. The highest BCUT2D eigenvalue weighted by Gasteiger charge is 2.22. The van der Waals surface area contributed by atoms with Gasteiger partial charge in [-0.15, -0.1) is 0 Å². The number of anilines is 2. The minimum Gasteiger partial charge on any atom is -0.311 e. The van der Waals surface area contributed by atoms with Crippen LogP contribution in [0.3, 0.4) is 0 Å². The van der Waals surface area contributed by atoms with Crippen LogP contribution in [0.4, 0.5) is 24.5 Å². The molecule has 0 aliphatic carbocycles. The van der Waals surface area contributed by atoms with Crippen molar-refractivity contribution in [3.05, 3.63) is 197 Å². The van der Waals surface area contributed by atoms with Crippen LogP contribution >= 0.6 is 0 Å². The first-order valence-electron chi connectivity index (χ1n) is 18.8. The molecule has 8 aromatic rings. The molecule has 0 spiro atoms. The maximum absolute atomic E-state index is 15.4. The quantitative estimate of drug-likeness (QED) is 0.0588. The first kappa shape index (κ1) is 35.6. The van der Waals surface area contributed by atoms with Crippen LogP contribution in [0.25, 0.3) is 61.2 Å². The van der Waals surface area contributed by atoms with Gasteiger partial charge in [-0.3, -0.25) is 0 Å². The Balaban J connectivity index is 1.31. The standard InChI is InChI=1S/C51H40F3N/c1-4-35(24-26-39(5-2)55(40-17-10-7-11-18-40)46-31-30-45(52)50(53)51(46)54)42-27-25-36-22-23-38-32-37(21-20-34-15-8-6-9-16-34)47(41-19-13-12-14-33(41)3)44-29-28-43(42)48(36)49(38)44/h6-32H,4-5H2,1-3H3/b21-20-,35-24+,39-26+. The van der Waals surface area contributed by atoms with Gasteiger partial charge in [0.05, 0.1) is 5.69 Å². The van der Waals surface area contributed by atoms with Crippen molar-refractivity contribution in [2.45, 2.75) is 33.6 Å². The monoisotopic (exact) mass is 723 g/mol. The molecule has 0 heterocycles. The molecule has 0 saturated heterocycles. The van der Waals surface area contributed by atoms with E-state index >= 15 is 4.39 Å². The van der Waals surface area contributed by atoms with Gasteiger partial charge in [0.2, 0.25) is 0 Å². The highest BCUT2D eigenvalue weighted by Crippen LogP contribution is 2.44. The van der Waals surface area contributed by atoms with Crippen molar-refractivity contribution in [2.75, 3.05) is 4.90 Å². The first-order valence-corrected chi connectivity index (χ1v) is 18.8. The zero-order chi connectivity index (χ0) is 38.1. The second-order valence-corrected chi connectivity index (χ2v) is 13.9. The summed E-state index contributed by atoms with van der Waals surface area (Å²) in [6, 6.07) is 46.2. The lowest BCUT2D eigenvalue weighted by Crippen LogP contribution is -2.18.